The standard InChI is InChI=1S/C9H8ClFO/c10-6-2-4-7-3-1-5-8(11)9(7)12/h1-5,12H,6H2. The summed E-state index contributed by atoms with van der Waals surface area (Å²) in [5.41, 5.74) is 0.440. The van der Waals surface area contributed by atoms with Crippen molar-refractivity contribution in [1.82, 2.24) is 0 Å². The van der Waals surface area contributed by atoms with Gasteiger partial charge in [-0.25, -0.2) is 4.39 Å². The molecule has 0 unspecified atom stereocenters. The maximum atomic E-state index is 12.7. The fourth-order valence-corrected chi connectivity index (χ4v) is 0.927. The van der Waals surface area contributed by atoms with Crippen LogP contribution in [0, 0.1) is 5.82 Å². The van der Waals surface area contributed by atoms with Gasteiger partial charge in [0, 0.05) is 11.4 Å². The van der Waals surface area contributed by atoms with Gasteiger partial charge in [-0.05, 0) is 6.07 Å². The van der Waals surface area contributed by atoms with Gasteiger partial charge in [-0.15, -0.1) is 11.6 Å². The van der Waals surface area contributed by atoms with E-state index in [9.17, 15) is 4.39 Å². The normalized spacial score (nSPS) is 10.8. The maximum Gasteiger partial charge on any atom is 0.165 e. The molecule has 0 amide bonds. The van der Waals surface area contributed by atoms with Crippen LogP contribution in [0.2, 0.25) is 0 Å². The molecule has 1 nitrogen and oxygen atoms in total. The summed E-state index contributed by atoms with van der Waals surface area (Å²) in [6.45, 7) is 0. The number of alkyl halides is 1. The molecule has 0 aliphatic heterocycles. The summed E-state index contributed by atoms with van der Waals surface area (Å²) in [4.78, 5) is 0. The van der Waals surface area contributed by atoms with Crippen molar-refractivity contribution in [2.24, 2.45) is 0 Å². The number of allylic oxidation sites excluding steroid dienone is 1. The predicted octanol–water partition coefficient (Wildman–Crippen LogP) is 2.78. The largest absolute Gasteiger partial charge is 0.504 e. The van der Waals surface area contributed by atoms with Crippen LogP contribution >= 0.6 is 11.6 Å². The Morgan fingerprint density at radius 3 is 2.92 bits per heavy atom. The SMILES string of the molecule is Oc1c(F)cccc1C=CCCl. The van der Waals surface area contributed by atoms with E-state index in [-0.39, 0.29) is 5.75 Å². The third-order valence-corrected chi connectivity index (χ3v) is 1.58. The van der Waals surface area contributed by atoms with Crippen LogP contribution in [0.3, 0.4) is 0 Å². The molecule has 0 saturated carbocycles. The number of phenolic OH excluding ortho intramolecular Hbond substituents is 1. The van der Waals surface area contributed by atoms with Crippen LogP contribution in [0.25, 0.3) is 6.08 Å². The number of rotatable bonds is 2. The molecule has 0 atom stereocenters. The molecule has 1 aromatic carbocycles. The van der Waals surface area contributed by atoms with E-state index < -0.39 is 5.82 Å². The number of halogens is 2. The average Bonchev–Trinajstić information content (AvgIpc) is 2.08. The topological polar surface area (TPSA) is 20.2 Å². The molecule has 3 heteroatoms. The van der Waals surface area contributed by atoms with Crippen molar-refractivity contribution in [3.63, 3.8) is 0 Å². The summed E-state index contributed by atoms with van der Waals surface area (Å²) in [6.07, 6.45) is 3.21. The molecular formula is C9H8ClFO. The Morgan fingerprint density at radius 2 is 2.25 bits per heavy atom. The number of phenols is 1. The Hall–Kier alpha value is -1.02. The molecule has 12 heavy (non-hydrogen) atoms. The van der Waals surface area contributed by atoms with Crippen molar-refractivity contribution in [2.75, 3.05) is 5.88 Å². The quantitative estimate of drug-likeness (QED) is 0.705. The average molecular weight is 187 g/mol. The summed E-state index contributed by atoms with van der Waals surface area (Å²) in [7, 11) is 0. The third kappa shape index (κ3) is 1.98. The second-order valence-electron chi connectivity index (χ2n) is 2.23. The smallest absolute Gasteiger partial charge is 0.165 e. The summed E-state index contributed by atoms with van der Waals surface area (Å²) < 4.78 is 12.7. The van der Waals surface area contributed by atoms with Crippen LogP contribution in [0.5, 0.6) is 5.75 Å². The first-order valence-electron chi connectivity index (χ1n) is 3.45. The minimum atomic E-state index is -0.619. The van der Waals surface area contributed by atoms with E-state index in [1.807, 2.05) is 0 Å². The first kappa shape index (κ1) is 9.07. The lowest BCUT2D eigenvalue weighted by molar-refractivity contribution is 0.431. The molecule has 0 aliphatic rings. The number of para-hydroxylation sites is 1. The van der Waals surface area contributed by atoms with E-state index in [4.69, 9.17) is 16.7 Å². The van der Waals surface area contributed by atoms with E-state index in [1.54, 1.807) is 18.2 Å². The summed E-state index contributed by atoms with van der Waals surface area (Å²) in [5, 5.41) is 9.15. The highest BCUT2D eigenvalue weighted by molar-refractivity contribution is 6.19. The van der Waals surface area contributed by atoms with Gasteiger partial charge in [-0.1, -0.05) is 24.3 Å². The second kappa shape index (κ2) is 4.12. The molecule has 0 aliphatic carbocycles. The molecule has 1 N–H and O–H groups in total. The van der Waals surface area contributed by atoms with Crippen LogP contribution in [0.4, 0.5) is 4.39 Å². The van der Waals surface area contributed by atoms with Gasteiger partial charge < -0.3 is 5.11 Å². The molecule has 0 aromatic heterocycles. The van der Waals surface area contributed by atoms with Gasteiger partial charge in [0.1, 0.15) is 0 Å². The van der Waals surface area contributed by atoms with Crippen LogP contribution in [0.15, 0.2) is 24.3 Å². The zero-order valence-corrected chi connectivity index (χ0v) is 7.05. The highest BCUT2D eigenvalue weighted by Gasteiger charge is 2.01. The highest BCUT2D eigenvalue weighted by Crippen LogP contribution is 2.21. The van der Waals surface area contributed by atoms with Gasteiger partial charge in [0.05, 0.1) is 0 Å². The molecule has 0 radical (unpaired) electrons. The number of hydrogen-bond acceptors (Lipinski definition) is 1. The van der Waals surface area contributed by atoms with E-state index in [2.05, 4.69) is 0 Å². The monoisotopic (exact) mass is 186 g/mol. The minimum Gasteiger partial charge on any atom is -0.504 e. The molecule has 0 fully saturated rings. The minimum absolute atomic E-state index is 0.334. The number of benzene rings is 1. The Balaban J connectivity index is 3.00. The van der Waals surface area contributed by atoms with Crippen LogP contribution < -0.4 is 0 Å². The number of hydrogen-bond donors (Lipinski definition) is 1. The molecule has 0 heterocycles. The van der Waals surface area contributed by atoms with Crippen LogP contribution in [0.1, 0.15) is 5.56 Å². The van der Waals surface area contributed by atoms with Gasteiger partial charge in [0.15, 0.2) is 11.6 Å². The zero-order valence-electron chi connectivity index (χ0n) is 6.30. The molecule has 0 bridgehead atoms. The van der Waals surface area contributed by atoms with Gasteiger partial charge in [-0.3, -0.25) is 0 Å². The van der Waals surface area contributed by atoms with E-state index in [0.717, 1.165) is 0 Å². The Morgan fingerprint density at radius 1 is 1.50 bits per heavy atom. The molecular weight excluding hydrogens is 179 g/mol. The van der Waals surface area contributed by atoms with Crippen LogP contribution in [-0.4, -0.2) is 11.0 Å². The van der Waals surface area contributed by atoms with Crippen molar-refractivity contribution in [1.29, 1.82) is 0 Å². The molecule has 64 valence electrons. The molecule has 1 aromatic rings. The van der Waals surface area contributed by atoms with Crippen molar-refractivity contribution in [3.05, 3.63) is 35.7 Å². The van der Waals surface area contributed by atoms with Gasteiger partial charge >= 0.3 is 0 Å². The first-order chi connectivity index (χ1) is 5.75. The molecule has 0 spiro atoms. The molecule has 1 rings (SSSR count). The second-order valence-corrected chi connectivity index (χ2v) is 2.54. The fraction of sp³-hybridized carbons (Fsp3) is 0.111. The van der Waals surface area contributed by atoms with E-state index in [0.29, 0.717) is 11.4 Å². The molecule has 0 saturated heterocycles. The zero-order chi connectivity index (χ0) is 8.97. The summed E-state index contributed by atoms with van der Waals surface area (Å²) >= 11 is 5.38. The van der Waals surface area contributed by atoms with Crippen molar-refractivity contribution < 1.29 is 9.50 Å². The first-order valence-corrected chi connectivity index (χ1v) is 3.99. The Bertz CT molecular complexity index is 297. The maximum absolute atomic E-state index is 12.7. The highest BCUT2D eigenvalue weighted by atomic mass is 35.5. The van der Waals surface area contributed by atoms with Crippen LogP contribution in [-0.2, 0) is 0 Å². The fourth-order valence-electron chi connectivity index (χ4n) is 0.838. The van der Waals surface area contributed by atoms with Gasteiger partial charge in [-0.2, -0.15) is 0 Å². The van der Waals surface area contributed by atoms with Gasteiger partial charge in [0.25, 0.3) is 0 Å². The Kier molecular flexibility index (Phi) is 3.11. The lowest BCUT2D eigenvalue weighted by Crippen LogP contribution is -1.79. The third-order valence-electron chi connectivity index (χ3n) is 1.40. The lowest BCUT2D eigenvalue weighted by atomic mass is 10.2. The predicted molar refractivity (Wildman–Crippen MR) is 47.8 cm³/mol. The van der Waals surface area contributed by atoms with Crippen molar-refractivity contribution in [2.45, 2.75) is 0 Å². The summed E-state index contributed by atoms with van der Waals surface area (Å²) in [5.74, 6) is -0.610. The van der Waals surface area contributed by atoms with Crippen molar-refractivity contribution >= 4 is 17.7 Å². The van der Waals surface area contributed by atoms with E-state index in [1.165, 1.54) is 12.1 Å². The van der Waals surface area contributed by atoms with Crippen molar-refractivity contribution in [3.8, 4) is 5.75 Å². The van der Waals surface area contributed by atoms with E-state index >= 15 is 0 Å². The van der Waals surface area contributed by atoms with Gasteiger partial charge in [0.2, 0.25) is 0 Å². The summed E-state index contributed by atoms with van der Waals surface area (Å²) in [6, 6.07) is 4.35. The Labute approximate surface area is 75.1 Å². The lowest BCUT2D eigenvalue weighted by Gasteiger charge is -1.98. The number of aromatic hydroxyl groups is 1.